The monoisotopic (exact) mass is 510 g/mol. The predicted octanol–water partition coefficient (Wildman–Crippen LogP) is 5.44. The number of methoxy groups -OCH3 is 1. The Morgan fingerprint density at radius 2 is 1.82 bits per heavy atom. The molecule has 0 unspecified atom stereocenters. The Morgan fingerprint density at radius 3 is 2.55 bits per heavy atom. The van der Waals surface area contributed by atoms with Gasteiger partial charge in [0, 0.05) is 22.8 Å². The zero-order chi connectivity index (χ0) is 26.7. The molecule has 8 heteroatoms. The summed E-state index contributed by atoms with van der Waals surface area (Å²) in [6.45, 7) is 2.19. The molecule has 0 amide bonds. The minimum absolute atomic E-state index is 0.0662. The number of fused-ring (bicyclic) bond motifs is 6. The highest BCUT2D eigenvalue weighted by molar-refractivity contribution is 5.95. The molecule has 0 radical (unpaired) electrons. The van der Waals surface area contributed by atoms with Gasteiger partial charge in [0.2, 0.25) is 11.8 Å². The van der Waals surface area contributed by atoms with Crippen LogP contribution in [-0.4, -0.2) is 34.8 Å². The first kappa shape index (κ1) is 23.9. The highest BCUT2D eigenvalue weighted by Gasteiger charge is 2.61. The van der Waals surface area contributed by atoms with Crippen molar-refractivity contribution < 1.29 is 29.2 Å². The summed E-state index contributed by atoms with van der Waals surface area (Å²) in [7, 11) is 1.51. The summed E-state index contributed by atoms with van der Waals surface area (Å²) in [6, 6.07) is 18.1. The number of rotatable bonds is 7. The lowest BCUT2D eigenvalue weighted by Gasteiger charge is -2.26. The molecule has 1 aromatic heterocycles. The van der Waals surface area contributed by atoms with Crippen LogP contribution in [-0.2, 0) is 15.9 Å². The normalized spacial score (nSPS) is 21.3. The van der Waals surface area contributed by atoms with E-state index >= 15 is 0 Å². The maximum Gasteiger partial charge on any atom is 0.205 e. The van der Waals surface area contributed by atoms with Gasteiger partial charge in [-0.15, -0.1) is 0 Å². The molecule has 3 heterocycles. The van der Waals surface area contributed by atoms with Gasteiger partial charge in [0.15, 0.2) is 11.5 Å². The molecule has 3 aromatic carbocycles. The maximum atomic E-state index is 11.6. The quantitative estimate of drug-likeness (QED) is 0.318. The van der Waals surface area contributed by atoms with Crippen LogP contribution in [0.5, 0.6) is 23.3 Å². The highest BCUT2D eigenvalue weighted by Crippen LogP contribution is 2.65. The van der Waals surface area contributed by atoms with E-state index in [4.69, 9.17) is 14.2 Å². The van der Waals surface area contributed by atoms with Crippen LogP contribution in [0.15, 0.2) is 54.6 Å². The second kappa shape index (κ2) is 8.54. The predicted molar refractivity (Wildman–Crippen MR) is 139 cm³/mol. The summed E-state index contributed by atoms with van der Waals surface area (Å²) < 4.78 is 19.4. The number of hydrogen-bond acceptors (Lipinski definition) is 7. The topological polar surface area (TPSA) is 114 Å². The Hall–Kier alpha value is -4.48. The third-order valence-corrected chi connectivity index (χ3v) is 7.88. The molecule has 2 aliphatic rings. The van der Waals surface area contributed by atoms with E-state index in [1.807, 2.05) is 31.2 Å². The standard InChI is InChI=1S/C30H26N2O6/c1-29-11-12-30(38-29,13-14-37-23-10-7-18(17-33)15-24(23)36-2)26-25(29)27(34)32(28(26)35)22-9-8-19(16-31)20-5-3-4-6-21(20)22/h3-10,15,17,34-35H,11-14H2,1-2H3/t29-,30-/m1/s1. The number of benzene rings is 3. The Kier molecular flexibility index (Phi) is 5.37. The van der Waals surface area contributed by atoms with E-state index in [0.29, 0.717) is 58.7 Å². The van der Waals surface area contributed by atoms with Crippen molar-refractivity contribution in [1.82, 2.24) is 4.57 Å². The van der Waals surface area contributed by atoms with E-state index in [1.165, 1.54) is 11.7 Å². The second-order valence-corrected chi connectivity index (χ2v) is 9.98. The van der Waals surface area contributed by atoms with E-state index in [2.05, 4.69) is 6.07 Å². The lowest BCUT2D eigenvalue weighted by atomic mass is 9.78. The lowest BCUT2D eigenvalue weighted by Crippen LogP contribution is -2.25. The van der Waals surface area contributed by atoms with Gasteiger partial charge in [0.25, 0.3) is 0 Å². The molecule has 2 aliphatic heterocycles. The molecular weight excluding hydrogens is 484 g/mol. The average molecular weight is 511 g/mol. The van der Waals surface area contributed by atoms with Crippen molar-refractivity contribution in [2.45, 2.75) is 37.4 Å². The van der Waals surface area contributed by atoms with Crippen molar-refractivity contribution >= 4 is 17.1 Å². The zero-order valence-corrected chi connectivity index (χ0v) is 21.0. The van der Waals surface area contributed by atoms with Crippen LogP contribution < -0.4 is 9.47 Å². The first-order valence-electron chi connectivity index (χ1n) is 12.4. The van der Waals surface area contributed by atoms with Crippen LogP contribution in [0, 0.1) is 11.3 Å². The molecule has 0 aliphatic carbocycles. The number of aromatic hydroxyl groups is 2. The van der Waals surface area contributed by atoms with Crippen molar-refractivity contribution in [3.8, 4) is 35.0 Å². The van der Waals surface area contributed by atoms with Crippen molar-refractivity contribution in [2.75, 3.05) is 13.7 Å². The van der Waals surface area contributed by atoms with Crippen LogP contribution in [0.25, 0.3) is 16.5 Å². The summed E-state index contributed by atoms with van der Waals surface area (Å²) in [5.41, 5.74) is 1.15. The summed E-state index contributed by atoms with van der Waals surface area (Å²) in [4.78, 5) is 11.1. The number of nitrogens with zero attached hydrogens (tertiary/aromatic N) is 2. The Balaban J connectivity index is 1.39. The zero-order valence-electron chi connectivity index (χ0n) is 21.0. The molecule has 8 nitrogen and oxygen atoms in total. The molecule has 6 rings (SSSR count). The van der Waals surface area contributed by atoms with Crippen LogP contribution in [0.1, 0.15) is 53.2 Å². The van der Waals surface area contributed by atoms with Crippen molar-refractivity contribution in [2.24, 2.45) is 0 Å². The van der Waals surface area contributed by atoms with Gasteiger partial charge < -0.3 is 24.4 Å². The number of ether oxygens (including phenoxy) is 3. The van der Waals surface area contributed by atoms with Crippen LogP contribution in [0.4, 0.5) is 0 Å². The highest BCUT2D eigenvalue weighted by atomic mass is 16.5. The first-order chi connectivity index (χ1) is 18.4. The average Bonchev–Trinajstić information content (AvgIpc) is 3.52. The Bertz CT molecular complexity index is 1650. The molecule has 1 fully saturated rings. The number of carbonyl (C=O) groups is 1. The van der Waals surface area contributed by atoms with Gasteiger partial charge in [-0.2, -0.15) is 5.26 Å². The maximum absolute atomic E-state index is 11.6. The molecule has 2 atom stereocenters. The van der Waals surface area contributed by atoms with Gasteiger partial charge in [-0.05, 0) is 50.1 Å². The van der Waals surface area contributed by atoms with Crippen LogP contribution >= 0.6 is 0 Å². The van der Waals surface area contributed by atoms with Gasteiger partial charge in [-0.3, -0.25) is 9.36 Å². The van der Waals surface area contributed by atoms with E-state index in [9.17, 15) is 20.3 Å². The SMILES string of the molecule is COc1cc(C=O)ccc1OCC[C@@]12CC[C@@](C)(O1)c1c2c(O)n(-c2ccc(C#N)c3ccccc23)c1O. The Morgan fingerprint density at radius 1 is 1.05 bits per heavy atom. The summed E-state index contributed by atoms with van der Waals surface area (Å²) in [5.74, 6) is 0.810. The fourth-order valence-electron chi connectivity index (χ4n) is 6.11. The number of aromatic nitrogens is 1. The molecule has 1 saturated heterocycles. The third-order valence-electron chi connectivity index (χ3n) is 7.88. The third kappa shape index (κ3) is 3.29. The first-order valence-corrected chi connectivity index (χ1v) is 12.4. The van der Waals surface area contributed by atoms with Crippen LogP contribution in [0.3, 0.4) is 0 Å². The van der Waals surface area contributed by atoms with Gasteiger partial charge >= 0.3 is 0 Å². The molecule has 192 valence electrons. The summed E-state index contributed by atoms with van der Waals surface area (Å²) in [6.07, 6.45) is 2.52. The molecule has 0 saturated carbocycles. The van der Waals surface area contributed by atoms with Gasteiger partial charge in [-0.25, -0.2) is 0 Å². The molecule has 0 spiro atoms. The summed E-state index contributed by atoms with van der Waals surface area (Å²) >= 11 is 0. The minimum atomic E-state index is -0.838. The fourth-order valence-corrected chi connectivity index (χ4v) is 6.11. The van der Waals surface area contributed by atoms with Gasteiger partial charge in [-0.1, -0.05) is 24.3 Å². The second-order valence-electron chi connectivity index (χ2n) is 9.98. The fraction of sp³-hybridized carbons (Fsp3) is 0.267. The molecule has 4 aromatic rings. The van der Waals surface area contributed by atoms with Crippen molar-refractivity contribution in [3.63, 3.8) is 0 Å². The van der Waals surface area contributed by atoms with Crippen molar-refractivity contribution in [3.05, 3.63) is 76.9 Å². The minimum Gasteiger partial charge on any atom is -0.494 e. The molecule has 2 N–H and O–H groups in total. The number of carbonyl (C=O) groups excluding carboxylic acids is 1. The van der Waals surface area contributed by atoms with Gasteiger partial charge in [0.1, 0.15) is 11.9 Å². The van der Waals surface area contributed by atoms with E-state index in [-0.39, 0.29) is 18.4 Å². The van der Waals surface area contributed by atoms with E-state index in [0.717, 1.165) is 17.1 Å². The van der Waals surface area contributed by atoms with Crippen molar-refractivity contribution in [1.29, 1.82) is 5.26 Å². The largest absolute Gasteiger partial charge is 0.494 e. The van der Waals surface area contributed by atoms with E-state index in [1.54, 1.807) is 30.3 Å². The molecule has 38 heavy (non-hydrogen) atoms. The number of nitriles is 1. The van der Waals surface area contributed by atoms with Crippen LogP contribution in [0.2, 0.25) is 0 Å². The number of aldehydes is 1. The number of hydrogen-bond donors (Lipinski definition) is 2. The Labute approximate surface area is 219 Å². The van der Waals surface area contributed by atoms with E-state index < -0.39 is 11.2 Å². The smallest absolute Gasteiger partial charge is 0.205 e. The lowest BCUT2D eigenvalue weighted by molar-refractivity contribution is -0.0876. The molecule has 2 bridgehead atoms. The summed E-state index contributed by atoms with van der Waals surface area (Å²) in [5, 5.41) is 34.1. The van der Waals surface area contributed by atoms with Gasteiger partial charge in [0.05, 0.1) is 47.8 Å². The molecular formula is C30H26N2O6.